The van der Waals surface area contributed by atoms with E-state index in [-0.39, 0.29) is 0 Å². The Balaban J connectivity index is 1.99. The SMILES string of the molecule is Fc1ccc(-c2nc(-c3ccccc3)cs2)cc1F. The molecule has 0 bridgehead atoms. The minimum absolute atomic E-state index is 0.589. The molecular formula is C15H9F2NS. The van der Waals surface area contributed by atoms with Crippen LogP contribution in [0.5, 0.6) is 0 Å². The highest BCUT2D eigenvalue weighted by Gasteiger charge is 2.09. The van der Waals surface area contributed by atoms with Crippen molar-refractivity contribution in [3.05, 3.63) is 65.5 Å². The van der Waals surface area contributed by atoms with Gasteiger partial charge in [-0.3, -0.25) is 0 Å². The van der Waals surface area contributed by atoms with Crippen LogP contribution in [0.25, 0.3) is 21.8 Å². The number of benzene rings is 2. The maximum atomic E-state index is 13.2. The minimum Gasteiger partial charge on any atom is -0.236 e. The lowest BCUT2D eigenvalue weighted by Gasteiger charge is -1.98. The fourth-order valence-corrected chi connectivity index (χ4v) is 2.60. The molecule has 0 saturated carbocycles. The van der Waals surface area contributed by atoms with Crippen LogP contribution in [0.4, 0.5) is 8.78 Å². The van der Waals surface area contributed by atoms with Crippen LogP contribution in [0.15, 0.2) is 53.9 Å². The third kappa shape index (κ3) is 2.39. The van der Waals surface area contributed by atoms with Gasteiger partial charge in [0, 0.05) is 16.5 Å². The molecular weight excluding hydrogens is 264 g/mol. The summed E-state index contributed by atoms with van der Waals surface area (Å²) in [6.07, 6.45) is 0. The van der Waals surface area contributed by atoms with Gasteiger partial charge < -0.3 is 0 Å². The van der Waals surface area contributed by atoms with Crippen LogP contribution >= 0.6 is 11.3 Å². The molecule has 0 unspecified atom stereocenters. The predicted octanol–water partition coefficient (Wildman–Crippen LogP) is 4.76. The highest BCUT2D eigenvalue weighted by molar-refractivity contribution is 7.13. The van der Waals surface area contributed by atoms with Crippen LogP contribution in [0, 0.1) is 11.6 Å². The van der Waals surface area contributed by atoms with Crippen molar-refractivity contribution in [1.29, 1.82) is 0 Å². The lowest BCUT2D eigenvalue weighted by Crippen LogP contribution is -1.85. The molecule has 0 radical (unpaired) electrons. The highest BCUT2D eigenvalue weighted by atomic mass is 32.1. The Morgan fingerprint density at radius 1 is 0.842 bits per heavy atom. The fourth-order valence-electron chi connectivity index (χ4n) is 1.78. The molecule has 0 amide bonds. The molecule has 3 aromatic rings. The minimum atomic E-state index is -0.853. The summed E-state index contributed by atoms with van der Waals surface area (Å²) in [4.78, 5) is 4.45. The van der Waals surface area contributed by atoms with Gasteiger partial charge >= 0.3 is 0 Å². The lowest BCUT2D eigenvalue weighted by molar-refractivity contribution is 0.509. The van der Waals surface area contributed by atoms with Crippen LogP contribution in [0.1, 0.15) is 0 Å². The second-order valence-electron chi connectivity index (χ2n) is 4.03. The van der Waals surface area contributed by atoms with Gasteiger partial charge in [0.05, 0.1) is 5.69 Å². The molecule has 94 valence electrons. The van der Waals surface area contributed by atoms with E-state index in [1.165, 1.54) is 23.5 Å². The van der Waals surface area contributed by atoms with Gasteiger partial charge in [-0.05, 0) is 18.2 Å². The molecule has 0 saturated heterocycles. The van der Waals surface area contributed by atoms with Gasteiger partial charge in [0.15, 0.2) is 11.6 Å². The summed E-state index contributed by atoms with van der Waals surface area (Å²) in [6.45, 7) is 0. The zero-order chi connectivity index (χ0) is 13.2. The standard InChI is InChI=1S/C15H9F2NS/c16-12-7-6-11(8-13(12)17)15-18-14(9-19-15)10-4-2-1-3-5-10/h1-9H. The van der Waals surface area contributed by atoms with Crippen molar-refractivity contribution in [2.75, 3.05) is 0 Å². The molecule has 0 atom stereocenters. The first-order chi connectivity index (χ1) is 9.24. The first kappa shape index (κ1) is 12.0. The molecule has 0 aliphatic rings. The molecule has 4 heteroatoms. The van der Waals surface area contributed by atoms with E-state index in [2.05, 4.69) is 4.98 Å². The molecule has 3 rings (SSSR count). The van der Waals surface area contributed by atoms with Gasteiger partial charge in [-0.2, -0.15) is 0 Å². The predicted molar refractivity (Wildman–Crippen MR) is 72.9 cm³/mol. The maximum Gasteiger partial charge on any atom is 0.159 e. The van der Waals surface area contributed by atoms with E-state index in [1.54, 1.807) is 0 Å². The molecule has 0 aliphatic heterocycles. The molecule has 1 aromatic heterocycles. The largest absolute Gasteiger partial charge is 0.236 e. The Hall–Kier alpha value is -2.07. The number of aromatic nitrogens is 1. The number of thiazole rings is 1. The van der Waals surface area contributed by atoms with E-state index >= 15 is 0 Å². The second-order valence-corrected chi connectivity index (χ2v) is 4.89. The summed E-state index contributed by atoms with van der Waals surface area (Å²) in [5, 5.41) is 2.59. The van der Waals surface area contributed by atoms with Crippen molar-refractivity contribution in [3.8, 4) is 21.8 Å². The van der Waals surface area contributed by atoms with Crippen molar-refractivity contribution in [1.82, 2.24) is 4.98 Å². The Bertz CT molecular complexity index is 707. The smallest absolute Gasteiger partial charge is 0.159 e. The van der Waals surface area contributed by atoms with E-state index in [1.807, 2.05) is 35.7 Å². The average Bonchev–Trinajstić information content (AvgIpc) is 2.93. The Kier molecular flexibility index (Phi) is 3.09. The molecule has 0 fully saturated rings. The van der Waals surface area contributed by atoms with Gasteiger partial charge in [-0.25, -0.2) is 13.8 Å². The molecule has 1 nitrogen and oxygen atoms in total. The van der Waals surface area contributed by atoms with Crippen molar-refractivity contribution < 1.29 is 8.78 Å². The van der Waals surface area contributed by atoms with Gasteiger partial charge in [-0.1, -0.05) is 30.3 Å². The third-order valence-corrected chi connectivity index (χ3v) is 3.63. The molecule has 2 aromatic carbocycles. The summed E-state index contributed by atoms with van der Waals surface area (Å²) in [5.41, 5.74) is 2.43. The monoisotopic (exact) mass is 273 g/mol. The number of rotatable bonds is 2. The number of hydrogen-bond donors (Lipinski definition) is 0. The van der Waals surface area contributed by atoms with Gasteiger partial charge in [-0.15, -0.1) is 11.3 Å². The van der Waals surface area contributed by atoms with E-state index in [4.69, 9.17) is 0 Å². The third-order valence-electron chi connectivity index (χ3n) is 2.74. The molecule has 0 N–H and O–H groups in total. The van der Waals surface area contributed by atoms with Crippen LogP contribution in [-0.4, -0.2) is 4.98 Å². The van der Waals surface area contributed by atoms with Crippen molar-refractivity contribution in [2.45, 2.75) is 0 Å². The Morgan fingerprint density at radius 2 is 1.63 bits per heavy atom. The number of hydrogen-bond acceptors (Lipinski definition) is 2. The molecule has 0 spiro atoms. The first-order valence-electron chi connectivity index (χ1n) is 5.70. The second kappa shape index (κ2) is 4.90. The average molecular weight is 273 g/mol. The first-order valence-corrected chi connectivity index (χ1v) is 6.58. The van der Waals surface area contributed by atoms with E-state index in [9.17, 15) is 8.78 Å². The Labute approximate surface area is 113 Å². The van der Waals surface area contributed by atoms with Gasteiger partial charge in [0.25, 0.3) is 0 Å². The normalized spacial score (nSPS) is 10.6. The lowest BCUT2D eigenvalue weighted by atomic mass is 10.2. The van der Waals surface area contributed by atoms with E-state index < -0.39 is 11.6 Å². The topological polar surface area (TPSA) is 12.9 Å². The summed E-state index contributed by atoms with van der Waals surface area (Å²) >= 11 is 1.41. The molecule has 1 heterocycles. The Morgan fingerprint density at radius 3 is 2.37 bits per heavy atom. The summed E-state index contributed by atoms with van der Waals surface area (Å²) in [5.74, 6) is -1.70. The van der Waals surface area contributed by atoms with Crippen LogP contribution in [0.2, 0.25) is 0 Å². The van der Waals surface area contributed by atoms with Crippen LogP contribution in [0.3, 0.4) is 0 Å². The van der Waals surface area contributed by atoms with E-state index in [0.29, 0.717) is 10.6 Å². The highest BCUT2D eigenvalue weighted by Crippen LogP contribution is 2.29. The fraction of sp³-hybridized carbons (Fsp3) is 0. The van der Waals surface area contributed by atoms with E-state index in [0.717, 1.165) is 17.3 Å². The summed E-state index contributed by atoms with van der Waals surface area (Å²) in [7, 11) is 0. The summed E-state index contributed by atoms with van der Waals surface area (Å²) in [6, 6.07) is 13.6. The van der Waals surface area contributed by atoms with Gasteiger partial charge in [0.2, 0.25) is 0 Å². The number of nitrogens with zero attached hydrogens (tertiary/aromatic N) is 1. The van der Waals surface area contributed by atoms with Crippen molar-refractivity contribution in [3.63, 3.8) is 0 Å². The van der Waals surface area contributed by atoms with Crippen LogP contribution < -0.4 is 0 Å². The molecule has 0 aliphatic carbocycles. The van der Waals surface area contributed by atoms with Crippen molar-refractivity contribution in [2.24, 2.45) is 0 Å². The quantitative estimate of drug-likeness (QED) is 0.656. The number of halogens is 2. The van der Waals surface area contributed by atoms with Crippen molar-refractivity contribution >= 4 is 11.3 Å². The maximum absolute atomic E-state index is 13.2. The summed E-state index contributed by atoms with van der Waals surface area (Å²) < 4.78 is 26.1. The van der Waals surface area contributed by atoms with Crippen LogP contribution in [-0.2, 0) is 0 Å². The molecule has 19 heavy (non-hydrogen) atoms. The zero-order valence-corrected chi connectivity index (χ0v) is 10.6. The zero-order valence-electron chi connectivity index (χ0n) is 9.81. The van der Waals surface area contributed by atoms with Gasteiger partial charge in [0.1, 0.15) is 5.01 Å².